The van der Waals surface area contributed by atoms with Gasteiger partial charge in [-0.25, -0.2) is 0 Å². The number of thioether (sulfide) groups is 1. The number of ketones is 4. The number of amides is 6. The molecule has 0 aromatic heterocycles. The van der Waals surface area contributed by atoms with Crippen LogP contribution in [0.25, 0.3) is 0 Å². The van der Waals surface area contributed by atoms with Gasteiger partial charge in [0.25, 0.3) is 0 Å². The van der Waals surface area contributed by atoms with E-state index in [0.717, 1.165) is 59.9 Å². The first-order valence-corrected chi connectivity index (χ1v) is 41.7. The number of hydrogen-bond donors (Lipinski definition) is 6. The van der Waals surface area contributed by atoms with Gasteiger partial charge in [0.1, 0.15) is 30.5 Å². The molecule has 7 aromatic carbocycles. The van der Waals surface area contributed by atoms with Crippen molar-refractivity contribution in [1.29, 1.82) is 0 Å². The van der Waals surface area contributed by atoms with E-state index < -0.39 is 127 Å². The molecule has 608 valence electrons. The lowest BCUT2D eigenvalue weighted by molar-refractivity contribution is -0.139. The molecule has 1 aliphatic rings. The molecule has 0 saturated carbocycles. The van der Waals surface area contributed by atoms with E-state index in [1.165, 1.54) is 22.9 Å². The van der Waals surface area contributed by atoms with Gasteiger partial charge in [-0.15, -0.1) is 0 Å². The fourth-order valence-electron chi connectivity index (χ4n) is 13.7. The van der Waals surface area contributed by atoms with Crippen LogP contribution in [-0.2, 0) is 125 Å². The summed E-state index contributed by atoms with van der Waals surface area (Å²) in [5.74, 6) is -9.16. The van der Waals surface area contributed by atoms with Gasteiger partial charge < -0.3 is 50.8 Å². The number of Topliss-reactive ketones (excluding diaryl/α,β-unsaturated/α-hetero) is 4. The van der Waals surface area contributed by atoms with Gasteiger partial charge in [-0.1, -0.05) is 234 Å². The van der Waals surface area contributed by atoms with Crippen LogP contribution in [0.2, 0.25) is 0 Å². The van der Waals surface area contributed by atoms with E-state index in [1.54, 1.807) is 6.92 Å². The van der Waals surface area contributed by atoms with Gasteiger partial charge in [0, 0.05) is 63.5 Å². The summed E-state index contributed by atoms with van der Waals surface area (Å²) in [5, 5.41) is 17.7. The summed E-state index contributed by atoms with van der Waals surface area (Å²) >= 11 is 1.48. The number of carbonyl (C=O) groups excluding carboxylic acids is 10. The van der Waals surface area contributed by atoms with Crippen LogP contribution in [0.3, 0.4) is 0 Å². The monoisotopic (exact) mass is 1570 g/mol. The lowest BCUT2D eigenvalue weighted by Crippen LogP contribution is -2.59. The maximum Gasteiger partial charge on any atom is 0.246 e. The van der Waals surface area contributed by atoms with Gasteiger partial charge in [0.2, 0.25) is 35.4 Å². The number of benzene rings is 7. The van der Waals surface area contributed by atoms with E-state index in [0.29, 0.717) is 42.7 Å². The maximum absolute atomic E-state index is 15.8. The summed E-state index contributed by atoms with van der Waals surface area (Å²) in [6.45, 7) is 8.63. The highest BCUT2D eigenvalue weighted by Crippen LogP contribution is 2.24. The molecule has 1 heterocycles. The average Bonchev–Trinajstić information content (AvgIpc) is 0.834. The van der Waals surface area contributed by atoms with Crippen molar-refractivity contribution in [3.05, 3.63) is 250 Å². The van der Waals surface area contributed by atoms with E-state index in [9.17, 15) is 24.0 Å². The van der Waals surface area contributed by atoms with Gasteiger partial charge in [-0.3, -0.25) is 47.9 Å². The van der Waals surface area contributed by atoms with Crippen LogP contribution in [0.15, 0.2) is 200 Å². The van der Waals surface area contributed by atoms with Crippen LogP contribution in [0, 0.1) is 29.6 Å². The highest BCUT2D eigenvalue weighted by atomic mass is 32.2. The van der Waals surface area contributed by atoms with Crippen molar-refractivity contribution < 1.29 is 66.9 Å². The Bertz CT molecular complexity index is 4120. The highest BCUT2D eigenvalue weighted by molar-refractivity contribution is 7.98. The maximum atomic E-state index is 15.8. The molecule has 6 amide bonds. The van der Waals surface area contributed by atoms with Crippen molar-refractivity contribution in [2.45, 2.75) is 180 Å². The second-order valence-electron chi connectivity index (χ2n) is 30.0. The minimum absolute atomic E-state index is 0.0122. The molecule has 6 N–H and O–H groups in total. The first kappa shape index (κ1) is 89.8. The standard InChI is InChI=1S/C93H116N6O14S/c1-7-64(3)82(100)35-24-49-110-50-51-111-63-86(104)95-79(53-72-44-40-69(41-45-72)38-36-67-25-14-9-15-26-67)83(101)58-78(62-112-60-74-31-20-12-21-32-74)91(107)99-88(66(5)113-61-75-33-22-13-23-34-75)85(103)57-77-59-94-89(105)76(48-52-114-6)56-84(102)87(65(4)8-2)98-93(109)81(54-71-29-18-11-19-30-71)97-92(108)80(96-90(77)106)55-73-46-42-70(43-47-73)39-37-68-27-16-10-17-28-68/h9-23,25-34,40-47,64-66,76-81,87-88H,7-8,24,35-39,48-63H2,1-6H3,(H,94,105)(H,95,104)(H,96,106)(H,97,108)(H,98,109)(H,99,107)/t64-,65?,66?,76+,77-,78-,79-,80-,81-,87-,88-/m0/s1. The van der Waals surface area contributed by atoms with Crippen LogP contribution < -0.4 is 31.9 Å². The zero-order chi connectivity index (χ0) is 81.4. The van der Waals surface area contributed by atoms with Crippen LogP contribution in [0.4, 0.5) is 0 Å². The quantitative estimate of drug-likeness (QED) is 0.0194. The fraction of sp³-hybridized carbons (Fsp3) is 0.441. The van der Waals surface area contributed by atoms with Crippen molar-refractivity contribution in [2.24, 2.45) is 29.6 Å². The van der Waals surface area contributed by atoms with E-state index in [1.807, 2.05) is 210 Å². The summed E-state index contributed by atoms with van der Waals surface area (Å²) in [6, 6.07) is 56.8. The number of ether oxygens (including phenoxy) is 4. The second kappa shape index (κ2) is 49.1. The minimum atomic E-state index is -1.54. The normalized spacial score (nSPS) is 18.0. The van der Waals surface area contributed by atoms with E-state index in [-0.39, 0.29) is 88.5 Å². The van der Waals surface area contributed by atoms with Crippen LogP contribution in [-0.4, -0.2) is 146 Å². The molecule has 7 aromatic rings. The molecule has 0 aliphatic carbocycles. The molecule has 114 heavy (non-hydrogen) atoms. The number of carbonyl (C=O) groups is 10. The van der Waals surface area contributed by atoms with Crippen molar-refractivity contribution in [2.75, 3.05) is 51.6 Å². The summed E-state index contributed by atoms with van der Waals surface area (Å²) < 4.78 is 24.2. The third kappa shape index (κ3) is 31.2. The van der Waals surface area contributed by atoms with E-state index >= 15 is 24.0 Å². The third-order valence-corrected chi connectivity index (χ3v) is 21.8. The lowest BCUT2D eigenvalue weighted by Gasteiger charge is -2.30. The third-order valence-electron chi connectivity index (χ3n) is 21.2. The Kier molecular flexibility index (Phi) is 38.7. The molecule has 20 nitrogen and oxygen atoms in total. The first-order chi connectivity index (χ1) is 55.2. The summed E-state index contributed by atoms with van der Waals surface area (Å²) in [7, 11) is 0. The Morgan fingerprint density at radius 1 is 0.500 bits per heavy atom. The SMILES string of the molecule is CCC(C)[C@@H]1NC(=O)[C@H](Cc2ccccc2)NC(=O)[C@H](Cc2ccc(CCc3ccccc3)cc2)NC(=O)[C@@H](CC(=O)[C@@H](NC(=O)[C@H](COCc2ccccc2)CC(=O)[C@H](Cc2ccc(CCc3ccccc3)cc2)NC(=O)COCCOCCCC(=O)[C@@H](C)CC)C(C)OCc2ccccc2)CNC(=O)[C@H](CCSC)CC1=O. The minimum Gasteiger partial charge on any atom is -0.379 e. The van der Waals surface area contributed by atoms with Crippen molar-refractivity contribution in [3.8, 4) is 0 Å². The second-order valence-corrected chi connectivity index (χ2v) is 31.0. The fourth-order valence-corrected chi connectivity index (χ4v) is 14.2. The van der Waals surface area contributed by atoms with Gasteiger partial charge in [-0.05, 0) is 126 Å². The Morgan fingerprint density at radius 3 is 1.54 bits per heavy atom. The predicted molar refractivity (Wildman–Crippen MR) is 445 cm³/mol. The first-order valence-electron chi connectivity index (χ1n) is 40.3. The van der Waals surface area contributed by atoms with Crippen LogP contribution in [0.1, 0.15) is 136 Å². The summed E-state index contributed by atoms with van der Waals surface area (Å²) in [4.78, 5) is 149. The molecule has 8 rings (SSSR count). The molecular formula is C93H116N6O14S. The Morgan fingerprint density at radius 2 is 0.991 bits per heavy atom. The number of nitrogens with one attached hydrogen (secondary N) is 6. The molecular weight excluding hydrogens is 1460 g/mol. The predicted octanol–water partition coefficient (Wildman–Crippen LogP) is 11.6. The van der Waals surface area contributed by atoms with Gasteiger partial charge in [0.05, 0.1) is 63.1 Å². The number of rotatable bonds is 45. The smallest absolute Gasteiger partial charge is 0.246 e. The molecule has 0 spiro atoms. The molecule has 1 aliphatic heterocycles. The topological polar surface area (TPSA) is 280 Å². The van der Waals surface area contributed by atoms with Gasteiger partial charge in [0.15, 0.2) is 17.3 Å². The highest BCUT2D eigenvalue weighted by Gasteiger charge is 2.39. The van der Waals surface area contributed by atoms with Gasteiger partial charge >= 0.3 is 0 Å². The van der Waals surface area contributed by atoms with Crippen LogP contribution >= 0.6 is 11.8 Å². The zero-order valence-electron chi connectivity index (χ0n) is 67.0. The summed E-state index contributed by atoms with van der Waals surface area (Å²) in [5.41, 5.74) is 8.07. The van der Waals surface area contributed by atoms with Crippen molar-refractivity contribution in [1.82, 2.24) is 31.9 Å². The van der Waals surface area contributed by atoms with Gasteiger partial charge in [-0.2, -0.15) is 11.8 Å². The summed E-state index contributed by atoms with van der Waals surface area (Å²) in [6.07, 6.45) is 4.87. The average molecular weight is 1570 g/mol. The van der Waals surface area contributed by atoms with Crippen molar-refractivity contribution in [3.63, 3.8) is 0 Å². The zero-order valence-corrected chi connectivity index (χ0v) is 67.8. The molecule has 1 saturated heterocycles. The Labute approximate surface area is 677 Å². The molecule has 0 radical (unpaired) electrons. The largest absolute Gasteiger partial charge is 0.379 e. The Hall–Kier alpha value is -9.77. The Balaban J connectivity index is 1.12. The number of aryl methyl sites for hydroxylation is 4. The molecule has 0 bridgehead atoms. The van der Waals surface area contributed by atoms with Crippen LogP contribution in [0.5, 0.6) is 0 Å². The van der Waals surface area contributed by atoms with Crippen molar-refractivity contribution >= 4 is 70.3 Å². The molecule has 11 atom stereocenters. The van der Waals surface area contributed by atoms with E-state index in [2.05, 4.69) is 56.2 Å². The van der Waals surface area contributed by atoms with E-state index in [4.69, 9.17) is 18.9 Å². The number of hydrogen-bond acceptors (Lipinski definition) is 15. The molecule has 2 unspecified atom stereocenters. The lowest BCUT2D eigenvalue weighted by atomic mass is 9.88. The molecule has 1 fully saturated rings. The molecule has 21 heteroatoms.